The summed E-state index contributed by atoms with van der Waals surface area (Å²) in [5.74, 6) is -0.990. The third-order valence-electron chi connectivity index (χ3n) is 5.07. The van der Waals surface area contributed by atoms with Gasteiger partial charge in [-0.05, 0) is 63.9 Å². The molecule has 0 saturated carbocycles. The van der Waals surface area contributed by atoms with E-state index in [0.29, 0.717) is 49.4 Å². The molecule has 4 aromatic rings. The van der Waals surface area contributed by atoms with E-state index in [1.807, 2.05) is 12.1 Å². The van der Waals surface area contributed by atoms with E-state index in [-0.39, 0.29) is 17.4 Å². The Labute approximate surface area is 148 Å². The second-order valence-electron chi connectivity index (χ2n) is 6.53. The van der Waals surface area contributed by atoms with Gasteiger partial charge in [0.2, 0.25) is 0 Å². The van der Waals surface area contributed by atoms with Gasteiger partial charge >= 0.3 is 0 Å². The van der Waals surface area contributed by atoms with Crippen LogP contribution in [0.5, 0.6) is 0 Å². The van der Waals surface area contributed by atoms with Gasteiger partial charge in [0.1, 0.15) is 11.6 Å². The molecule has 0 fully saturated rings. The number of carbonyl (C=O) groups is 1. The molecule has 124 valence electrons. The Morgan fingerprint density at radius 2 is 1.12 bits per heavy atom. The molecule has 5 rings (SSSR count). The summed E-state index contributed by atoms with van der Waals surface area (Å²) in [5.41, 5.74) is 2.87. The lowest BCUT2D eigenvalue weighted by molar-refractivity contribution is 0.103. The van der Waals surface area contributed by atoms with Crippen molar-refractivity contribution in [2.75, 3.05) is 0 Å². The minimum Gasteiger partial charge on any atom is -0.289 e. The van der Waals surface area contributed by atoms with E-state index in [1.165, 1.54) is 12.1 Å². The van der Waals surface area contributed by atoms with Crippen LogP contribution in [0.4, 0.5) is 8.78 Å². The van der Waals surface area contributed by atoms with Gasteiger partial charge in [0.05, 0.1) is 0 Å². The second-order valence-corrected chi connectivity index (χ2v) is 6.53. The van der Waals surface area contributed by atoms with Gasteiger partial charge < -0.3 is 0 Å². The molecule has 0 heterocycles. The summed E-state index contributed by atoms with van der Waals surface area (Å²) in [6.07, 6.45) is 0. The number of fused-ring (bicyclic) bond motifs is 4. The van der Waals surface area contributed by atoms with Crippen molar-refractivity contribution >= 4 is 32.9 Å². The summed E-state index contributed by atoms with van der Waals surface area (Å²) < 4.78 is 28.3. The van der Waals surface area contributed by atoms with Gasteiger partial charge in [-0.15, -0.1) is 0 Å². The summed E-state index contributed by atoms with van der Waals surface area (Å²) >= 11 is 0. The monoisotopic (exact) mass is 342 g/mol. The predicted octanol–water partition coefficient (Wildman–Crippen LogP) is 5.88. The molecule has 0 aliphatic heterocycles. The number of rotatable bonds is 0. The smallest absolute Gasteiger partial charge is 0.194 e. The fourth-order valence-electron chi connectivity index (χ4n) is 3.74. The molecule has 0 radical (unpaired) electrons. The summed E-state index contributed by atoms with van der Waals surface area (Å²) in [5, 5.41) is 2.21. The molecule has 0 bridgehead atoms. The molecular formula is C23H12F2O. The van der Waals surface area contributed by atoms with Crippen molar-refractivity contribution in [3.8, 4) is 0 Å². The van der Waals surface area contributed by atoms with Gasteiger partial charge in [0.25, 0.3) is 0 Å². The van der Waals surface area contributed by atoms with Crippen LogP contribution < -0.4 is 0 Å². The molecule has 0 N–H and O–H groups in total. The average Bonchev–Trinajstić information content (AvgIpc) is 2.65. The van der Waals surface area contributed by atoms with Crippen LogP contribution in [0.1, 0.15) is 27.0 Å². The number of ketones is 1. The first-order chi connectivity index (χ1) is 12.5. The predicted molar refractivity (Wildman–Crippen MR) is 99.4 cm³/mol. The van der Waals surface area contributed by atoms with E-state index in [0.717, 1.165) is 0 Å². The summed E-state index contributed by atoms with van der Waals surface area (Å²) in [4.78, 5) is 13.1. The summed E-state index contributed by atoms with van der Waals surface area (Å²) in [6, 6.07) is 16.4. The molecule has 0 spiro atoms. The van der Waals surface area contributed by atoms with Gasteiger partial charge in [0, 0.05) is 21.9 Å². The molecule has 26 heavy (non-hydrogen) atoms. The van der Waals surface area contributed by atoms with Crippen LogP contribution in [0.15, 0.2) is 67.2 Å². The topological polar surface area (TPSA) is 17.1 Å². The molecular weight excluding hydrogens is 330 g/mol. The van der Waals surface area contributed by atoms with Gasteiger partial charge in [-0.3, -0.25) is 4.79 Å². The van der Waals surface area contributed by atoms with E-state index >= 15 is 0 Å². The van der Waals surface area contributed by atoms with Crippen LogP contribution in [-0.2, 0) is 0 Å². The number of carbonyl (C=O) groups excluding carboxylic acids is 1. The number of hydrogen-bond acceptors (Lipinski definition) is 1. The maximum Gasteiger partial charge on any atom is 0.194 e. The largest absolute Gasteiger partial charge is 0.289 e. The molecule has 1 aliphatic rings. The lowest BCUT2D eigenvalue weighted by atomic mass is 9.80. The summed E-state index contributed by atoms with van der Waals surface area (Å²) in [6.45, 7) is 4.15. The first-order valence-electron chi connectivity index (χ1n) is 8.23. The van der Waals surface area contributed by atoms with E-state index in [9.17, 15) is 13.6 Å². The van der Waals surface area contributed by atoms with Crippen LogP contribution in [0.2, 0.25) is 0 Å². The Morgan fingerprint density at radius 3 is 1.58 bits per heavy atom. The Hall–Kier alpha value is -3.33. The third-order valence-corrected chi connectivity index (χ3v) is 5.07. The van der Waals surface area contributed by atoms with Crippen molar-refractivity contribution < 1.29 is 13.6 Å². The molecule has 0 amide bonds. The highest BCUT2D eigenvalue weighted by molar-refractivity contribution is 6.21. The van der Waals surface area contributed by atoms with Gasteiger partial charge in [-0.25, -0.2) is 8.78 Å². The van der Waals surface area contributed by atoms with E-state index in [4.69, 9.17) is 0 Å². The minimum atomic E-state index is -0.376. The minimum absolute atomic E-state index is 0.238. The van der Waals surface area contributed by atoms with Crippen LogP contribution in [0.3, 0.4) is 0 Å². The number of halogens is 2. The molecule has 0 aromatic heterocycles. The van der Waals surface area contributed by atoms with E-state index in [2.05, 4.69) is 6.58 Å². The van der Waals surface area contributed by atoms with Crippen LogP contribution in [-0.4, -0.2) is 5.78 Å². The van der Waals surface area contributed by atoms with Crippen molar-refractivity contribution in [2.45, 2.75) is 0 Å². The standard InChI is InChI=1S/C23H12F2O/c1-12-15-8-13-4-2-6-21(24)17(13)10-19(15)23(26)20-11-18-14(9-16(12)20)5-3-7-22(18)25/h2-11H,1H2. The third kappa shape index (κ3) is 1.91. The van der Waals surface area contributed by atoms with Crippen molar-refractivity contribution in [2.24, 2.45) is 0 Å². The normalized spacial score (nSPS) is 13.2. The maximum absolute atomic E-state index is 14.2. The van der Waals surface area contributed by atoms with Crippen LogP contribution in [0, 0.1) is 11.6 Å². The Balaban J connectivity index is 1.85. The average molecular weight is 342 g/mol. The highest BCUT2D eigenvalue weighted by atomic mass is 19.1. The lowest BCUT2D eigenvalue weighted by Gasteiger charge is -2.22. The first-order valence-corrected chi connectivity index (χ1v) is 8.23. The Morgan fingerprint density at radius 1 is 0.654 bits per heavy atom. The quantitative estimate of drug-likeness (QED) is 0.344. The molecule has 3 heteroatoms. The van der Waals surface area contributed by atoms with Crippen molar-refractivity contribution in [3.05, 3.63) is 101 Å². The SMILES string of the molecule is C=C1c2cc3cccc(F)c3cc2C(=O)c2cc3c(F)cccc3cc21. The molecule has 0 saturated heterocycles. The highest BCUT2D eigenvalue weighted by Gasteiger charge is 2.27. The van der Waals surface area contributed by atoms with Crippen molar-refractivity contribution in [1.82, 2.24) is 0 Å². The lowest BCUT2D eigenvalue weighted by Crippen LogP contribution is -2.14. The van der Waals surface area contributed by atoms with Crippen LogP contribution in [0.25, 0.3) is 27.1 Å². The fourth-order valence-corrected chi connectivity index (χ4v) is 3.74. The Bertz CT molecular complexity index is 1190. The zero-order valence-electron chi connectivity index (χ0n) is 13.6. The second kappa shape index (κ2) is 5.09. The molecule has 0 atom stereocenters. The zero-order valence-corrected chi connectivity index (χ0v) is 13.6. The maximum atomic E-state index is 14.2. The van der Waals surface area contributed by atoms with Gasteiger partial charge in [0.15, 0.2) is 5.78 Å². The molecule has 1 nitrogen and oxygen atoms in total. The van der Waals surface area contributed by atoms with Gasteiger partial charge in [-0.2, -0.15) is 0 Å². The zero-order chi connectivity index (χ0) is 18.0. The fraction of sp³-hybridized carbons (Fsp3) is 0. The Kier molecular flexibility index (Phi) is 2.93. The van der Waals surface area contributed by atoms with E-state index in [1.54, 1.807) is 36.4 Å². The van der Waals surface area contributed by atoms with Crippen LogP contribution >= 0.6 is 0 Å². The number of benzene rings is 4. The van der Waals surface area contributed by atoms with Crippen molar-refractivity contribution in [1.29, 1.82) is 0 Å². The molecule has 4 aromatic carbocycles. The van der Waals surface area contributed by atoms with Gasteiger partial charge in [-0.1, -0.05) is 30.8 Å². The highest BCUT2D eigenvalue weighted by Crippen LogP contribution is 2.39. The summed E-state index contributed by atoms with van der Waals surface area (Å²) in [7, 11) is 0. The number of hydrogen-bond donors (Lipinski definition) is 0. The van der Waals surface area contributed by atoms with E-state index < -0.39 is 0 Å². The van der Waals surface area contributed by atoms with Crippen molar-refractivity contribution in [3.63, 3.8) is 0 Å². The molecule has 0 unspecified atom stereocenters. The first kappa shape index (κ1) is 15.0. The molecule has 1 aliphatic carbocycles.